The molecular weight excluding hydrogens is 400 g/mol. The first-order valence-electron chi connectivity index (χ1n) is 9.45. The molecule has 3 rings (SSSR count). The maximum Gasteiger partial charge on any atom is 0.222 e. The zero-order valence-electron chi connectivity index (χ0n) is 16.4. The molecule has 4 nitrogen and oxygen atoms in total. The van der Waals surface area contributed by atoms with Crippen LogP contribution in [0, 0.1) is 11.6 Å². The predicted molar refractivity (Wildman–Crippen MR) is 107 cm³/mol. The first-order valence-corrected chi connectivity index (χ1v) is 9.83. The van der Waals surface area contributed by atoms with Crippen LogP contribution < -0.4 is 5.32 Å². The Bertz CT molecular complexity index is 862. The highest BCUT2D eigenvalue weighted by molar-refractivity contribution is 6.30. The molecule has 0 radical (unpaired) electrons. The minimum absolute atomic E-state index is 0.0373. The molecule has 1 saturated heterocycles. The van der Waals surface area contributed by atoms with E-state index in [0.717, 1.165) is 5.56 Å². The number of nitrogens with one attached hydrogen (secondary N) is 1. The van der Waals surface area contributed by atoms with E-state index in [0.29, 0.717) is 25.0 Å². The van der Waals surface area contributed by atoms with E-state index in [4.69, 9.17) is 21.1 Å². The van der Waals surface area contributed by atoms with E-state index in [1.807, 2.05) is 6.92 Å². The lowest BCUT2D eigenvalue weighted by atomic mass is 9.81. The summed E-state index contributed by atoms with van der Waals surface area (Å²) in [6.45, 7) is 2.27. The Balaban J connectivity index is 1.88. The SMILES string of the molecule is COCCC(=O)N[C@@]1(C)C[C@@H](c2ccc(F)cc2)O[C@@H](c2ccc(Cl)c(F)c2)C1. The van der Waals surface area contributed by atoms with Crippen molar-refractivity contribution in [3.8, 4) is 0 Å². The molecule has 3 atom stereocenters. The summed E-state index contributed by atoms with van der Waals surface area (Å²) in [5, 5.41) is 3.11. The van der Waals surface area contributed by atoms with Crippen molar-refractivity contribution < 1.29 is 23.0 Å². The number of rotatable bonds is 6. The molecule has 0 aromatic heterocycles. The fourth-order valence-electron chi connectivity index (χ4n) is 3.68. The van der Waals surface area contributed by atoms with Gasteiger partial charge in [-0.2, -0.15) is 0 Å². The van der Waals surface area contributed by atoms with Gasteiger partial charge in [0, 0.05) is 31.9 Å². The summed E-state index contributed by atoms with van der Waals surface area (Å²) in [5.41, 5.74) is 0.835. The average molecular weight is 424 g/mol. The number of benzene rings is 2. The average Bonchev–Trinajstić information content (AvgIpc) is 2.68. The zero-order valence-corrected chi connectivity index (χ0v) is 17.1. The molecule has 0 bridgehead atoms. The molecule has 0 saturated carbocycles. The van der Waals surface area contributed by atoms with Gasteiger partial charge >= 0.3 is 0 Å². The van der Waals surface area contributed by atoms with Crippen molar-refractivity contribution in [1.82, 2.24) is 5.32 Å². The van der Waals surface area contributed by atoms with Gasteiger partial charge in [-0.05, 0) is 42.3 Å². The second-order valence-electron chi connectivity index (χ2n) is 7.60. The number of amides is 1. The van der Waals surface area contributed by atoms with Gasteiger partial charge in [0.25, 0.3) is 0 Å². The molecule has 1 aliphatic rings. The van der Waals surface area contributed by atoms with Gasteiger partial charge in [0.05, 0.1) is 23.8 Å². The molecular formula is C22H24ClF2NO3. The van der Waals surface area contributed by atoms with Gasteiger partial charge in [0.2, 0.25) is 5.91 Å². The van der Waals surface area contributed by atoms with Gasteiger partial charge in [-0.25, -0.2) is 8.78 Å². The number of hydrogen-bond donors (Lipinski definition) is 1. The molecule has 0 aliphatic carbocycles. The lowest BCUT2D eigenvalue weighted by Crippen LogP contribution is -2.51. The first kappa shape index (κ1) is 21.7. The van der Waals surface area contributed by atoms with E-state index in [1.54, 1.807) is 25.3 Å². The van der Waals surface area contributed by atoms with Crippen LogP contribution in [0.25, 0.3) is 0 Å². The fraction of sp³-hybridized carbons (Fsp3) is 0.409. The van der Waals surface area contributed by atoms with Crippen molar-refractivity contribution in [3.05, 3.63) is 70.2 Å². The molecule has 1 fully saturated rings. The van der Waals surface area contributed by atoms with E-state index in [2.05, 4.69) is 5.32 Å². The highest BCUT2D eigenvalue weighted by Crippen LogP contribution is 2.44. The van der Waals surface area contributed by atoms with Crippen LogP contribution in [0.1, 0.15) is 49.5 Å². The lowest BCUT2D eigenvalue weighted by molar-refractivity contribution is -0.129. The van der Waals surface area contributed by atoms with Crippen LogP contribution in [0.4, 0.5) is 8.78 Å². The van der Waals surface area contributed by atoms with Crippen LogP contribution in [0.5, 0.6) is 0 Å². The second-order valence-corrected chi connectivity index (χ2v) is 8.01. The maximum atomic E-state index is 14.0. The summed E-state index contributed by atoms with van der Waals surface area (Å²) < 4.78 is 38.6. The van der Waals surface area contributed by atoms with E-state index < -0.39 is 17.5 Å². The number of methoxy groups -OCH3 is 1. The Morgan fingerprint density at radius 2 is 1.79 bits per heavy atom. The maximum absolute atomic E-state index is 14.0. The minimum Gasteiger partial charge on any atom is -0.384 e. The lowest BCUT2D eigenvalue weighted by Gasteiger charge is -2.43. The molecule has 29 heavy (non-hydrogen) atoms. The van der Waals surface area contributed by atoms with Crippen LogP contribution in [0.15, 0.2) is 42.5 Å². The molecule has 1 N–H and O–H groups in total. The summed E-state index contributed by atoms with van der Waals surface area (Å²) in [4.78, 5) is 12.3. The second kappa shape index (κ2) is 9.20. The molecule has 0 spiro atoms. The normalized spacial score (nSPS) is 24.3. The Kier molecular flexibility index (Phi) is 6.88. The van der Waals surface area contributed by atoms with Crippen molar-refractivity contribution in [2.45, 2.75) is 43.9 Å². The first-order chi connectivity index (χ1) is 13.8. The van der Waals surface area contributed by atoms with Gasteiger partial charge in [-0.3, -0.25) is 4.79 Å². The summed E-state index contributed by atoms with van der Waals surface area (Å²) in [6, 6.07) is 10.6. The zero-order chi connectivity index (χ0) is 21.0. The van der Waals surface area contributed by atoms with Crippen molar-refractivity contribution in [2.75, 3.05) is 13.7 Å². The Morgan fingerprint density at radius 1 is 1.17 bits per heavy atom. The molecule has 2 aromatic carbocycles. The van der Waals surface area contributed by atoms with E-state index >= 15 is 0 Å². The third-order valence-electron chi connectivity index (χ3n) is 5.13. The number of ether oxygens (including phenoxy) is 2. The summed E-state index contributed by atoms with van der Waals surface area (Å²) in [6.07, 6.45) is 0.363. The highest BCUT2D eigenvalue weighted by Gasteiger charge is 2.40. The van der Waals surface area contributed by atoms with E-state index in [-0.39, 0.29) is 29.3 Å². The number of halogens is 3. The minimum atomic E-state index is -0.594. The Hall–Kier alpha value is -2.02. The largest absolute Gasteiger partial charge is 0.384 e. The number of hydrogen-bond acceptors (Lipinski definition) is 3. The van der Waals surface area contributed by atoms with Crippen LogP contribution in [0.2, 0.25) is 5.02 Å². The Morgan fingerprint density at radius 3 is 2.41 bits per heavy atom. The van der Waals surface area contributed by atoms with Gasteiger partial charge < -0.3 is 14.8 Å². The van der Waals surface area contributed by atoms with E-state index in [9.17, 15) is 13.6 Å². The topological polar surface area (TPSA) is 47.6 Å². The molecule has 1 aliphatic heterocycles. The molecule has 2 aromatic rings. The van der Waals surface area contributed by atoms with E-state index in [1.165, 1.54) is 24.3 Å². The smallest absolute Gasteiger partial charge is 0.222 e. The number of carbonyl (C=O) groups is 1. The third-order valence-corrected chi connectivity index (χ3v) is 5.44. The summed E-state index contributed by atoms with van der Waals surface area (Å²) in [5.74, 6) is -0.992. The van der Waals surface area contributed by atoms with Gasteiger partial charge in [-0.15, -0.1) is 0 Å². The fourth-order valence-corrected chi connectivity index (χ4v) is 3.79. The predicted octanol–water partition coefficient (Wildman–Crippen LogP) is 5.12. The van der Waals surface area contributed by atoms with Crippen molar-refractivity contribution in [1.29, 1.82) is 0 Å². The molecule has 1 heterocycles. The van der Waals surface area contributed by atoms with Gasteiger partial charge in [-0.1, -0.05) is 29.8 Å². The summed E-state index contributed by atoms with van der Waals surface area (Å²) in [7, 11) is 1.54. The van der Waals surface area contributed by atoms with Gasteiger partial charge in [0.1, 0.15) is 11.6 Å². The highest BCUT2D eigenvalue weighted by atomic mass is 35.5. The number of carbonyl (C=O) groups excluding carboxylic acids is 1. The Labute approximate surface area is 174 Å². The van der Waals surface area contributed by atoms with Crippen LogP contribution >= 0.6 is 11.6 Å². The van der Waals surface area contributed by atoms with Crippen LogP contribution in [-0.4, -0.2) is 25.2 Å². The monoisotopic (exact) mass is 423 g/mol. The molecule has 0 unspecified atom stereocenters. The molecule has 7 heteroatoms. The van der Waals surface area contributed by atoms with Crippen LogP contribution in [-0.2, 0) is 14.3 Å². The van der Waals surface area contributed by atoms with Crippen molar-refractivity contribution in [2.24, 2.45) is 0 Å². The van der Waals surface area contributed by atoms with Gasteiger partial charge in [0.15, 0.2) is 0 Å². The molecule has 1 amide bonds. The van der Waals surface area contributed by atoms with Crippen molar-refractivity contribution in [3.63, 3.8) is 0 Å². The quantitative estimate of drug-likeness (QED) is 0.701. The standard InChI is InChI=1S/C22H24ClF2NO3/c1-22(26-21(27)9-10-28-2)12-19(14-3-6-16(24)7-4-14)29-20(13-22)15-5-8-17(23)18(25)11-15/h3-8,11,19-20H,9-10,12-13H2,1-2H3,(H,26,27)/t19-,20+,22-/m0/s1. The third kappa shape index (κ3) is 5.53. The summed E-state index contributed by atoms with van der Waals surface area (Å²) >= 11 is 5.81. The van der Waals surface area contributed by atoms with Crippen LogP contribution in [0.3, 0.4) is 0 Å². The van der Waals surface area contributed by atoms with Crippen molar-refractivity contribution >= 4 is 17.5 Å². The molecule has 156 valence electrons.